The van der Waals surface area contributed by atoms with Crippen LogP contribution in [0.1, 0.15) is 10.4 Å². The Balaban J connectivity index is 2.01. The second-order valence-electron chi connectivity index (χ2n) is 4.51. The van der Waals surface area contributed by atoms with Crippen molar-refractivity contribution in [2.75, 3.05) is 0 Å². The molecule has 0 saturated carbocycles. The van der Waals surface area contributed by atoms with Gasteiger partial charge in [-0.25, -0.2) is 9.78 Å². The van der Waals surface area contributed by atoms with Crippen molar-refractivity contribution in [1.82, 2.24) is 4.98 Å². The summed E-state index contributed by atoms with van der Waals surface area (Å²) in [5, 5.41) is 0. The van der Waals surface area contributed by atoms with Crippen molar-refractivity contribution in [3.63, 3.8) is 0 Å². The molecule has 4 nitrogen and oxygen atoms in total. The summed E-state index contributed by atoms with van der Waals surface area (Å²) in [4.78, 5) is 16.2. The van der Waals surface area contributed by atoms with Gasteiger partial charge < -0.3 is 9.15 Å². The van der Waals surface area contributed by atoms with Gasteiger partial charge in [0.15, 0.2) is 5.76 Å². The molecule has 0 N–H and O–H groups in total. The number of rotatable bonds is 4. The van der Waals surface area contributed by atoms with Crippen molar-refractivity contribution in [3.05, 3.63) is 79.2 Å². The van der Waals surface area contributed by atoms with Crippen LogP contribution in [0.4, 0.5) is 0 Å². The van der Waals surface area contributed by atoms with E-state index in [0.29, 0.717) is 22.8 Å². The third kappa shape index (κ3) is 2.67. The summed E-state index contributed by atoms with van der Waals surface area (Å²) < 4.78 is 10.6. The summed E-state index contributed by atoms with van der Waals surface area (Å²) in [6.07, 6.45) is 2.74. The zero-order valence-corrected chi connectivity index (χ0v) is 11.7. The molecule has 1 aromatic heterocycles. The Morgan fingerprint density at radius 3 is 2.59 bits per heavy atom. The van der Waals surface area contributed by atoms with Crippen molar-refractivity contribution in [2.24, 2.45) is 0 Å². The minimum atomic E-state index is -0.495. The first-order valence-corrected chi connectivity index (χ1v) is 6.72. The van der Waals surface area contributed by atoms with Crippen LogP contribution in [0, 0.1) is 0 Å². The first-order valence-electron chi connectivity index (χ1n) is 6.72. The van der Waals surface area contributed by atoms with Crippen molar-refractivity contribution in [3.8, 4) is 22.8 Å². The highest BCUT2D eigenvalue weighted by Crippen LogP contribution is 2.28. The summed E-state index contributed by atoms with van der Waals surface area (Å²) in [6.45, 7) is 3.39. The van der Waals surface area contributed by atoms with Gasteiger partial charge in [0.1, 0.15) is 0 Å². The van der Waals surface area contributed by atoms with E-state index in [1.54, 1.807) is 24.4 Å². The minimum absolute atomic E-state index is 0.371. The third-order valence-electron chi connectivity index (χ3n) is 3.13. The molecule has 0 aliphatic rings. The molecule has 3 aromatic rings. The van der Waals surface area contributed by atoms with Crippen LogP contribution in [-0.2, 0) is 4.74 Å². The topological polar surface area (TPSA) is 52.3 Å². The largest absolute Gasteiger partial charge is 0.436 e. The van der Waals surface area contributed by atoms with Gasteiger partial charge in [-0.3, -0.25) is 0 Å². The van der Waals surface area contributed by atoms with Crippen LogP contribution in [0.25, 0.3) is 22.8 Å². The number of aromatic nitrogens is 1. The van der Waals surface area contributed by atoms with Gasteiger partial charge in [0.25, 0.3) is 0 Å². The number of oxazole rings is 1. The molecule has 0 fully saturated rings. The predicted molar refractivity (Wildman–Crippen MR) is 83.0 cm³/mol. The van der Waals surface area contributed by atoms with Crippen LogP contribution in [0.3, 0.4) is 0 Å². The Bertz CT molecular complexity index is 806. The first-order chi connectivity index (χ1) is 10.8. The molecule has 0 unspecified atom stereocenters. The second kappa shape index (κ2) is 6.10. The first kappa shape index (κ1) is 13.8. The van der Waals surface area contributed by atoms with E-state index >= 15 is 0 Å². The molecule has 0 aliphatic carbocycles. The Hall–Kier alpha value is -3.14. The third-order valence-corrected chi connectivity index (χ3v) is 3.13. The molecule has 0 amide bonds. The Morgan fingerprint density at radius 1 is 1.09 bits per heavy atom. The number of esters is 1. The number of hydrogen-bond acceptors (Lipinski definition) is 4. The molecule has 0 aliphatic heterocycles. The van der Waals surface area contributed by atoms with Gasteiger partial charge >= 0.3 is 5.97 Å². The number of carbonyl (C=O) groups excluding carboxylic acids is 1. The van der Waals surface area contributed by atoms with E-state index < -0.39 is 5.97 Å². The lowest BCUT2D eigenvalue weighted by Gasteiger charge is -2.04. The summed E-state index contributed by atoms with van der Waals surface area (Å²) in [5.41, 5.74) is 1.88. The molecule has 2 aromatic carbocycles. The zero-order valence-electron chi connectivity index (χ0n) is 11.7. The molecule has 108 valence electrons. The SMILES string of the molecule is C=COC(=O)c1ccccc1-c1ncc(-c2ccccc2)o1. The average molecular weight is 291 g/mol. The van der Waals surface area contributed by atoms with Crippen molar-refractivity contribution in [1.29, 1.82) is 0 Å². The second-order valence-corrected chi connectivity index (χ2v) is 4.51. The van der Waals surface area contributed by atoms with Crippen molar-refractivity contribution < 1.29 is 13.9 Å². The van der Waals surface area contributed by atoms with E-state index in [4.69, 9.17) is 9.15 Å². The Kier molecular flexibility index (Phi) is 3.83. The maximum atomic E-state index is 12.0. The van der Waals surface area contributed by atoms with Crippen molar-refractivity contribution >= 4 is 5.97 Å². The lowest BCUT2D eigenvalue weighted by atomic mass is 10.1. The lowest BCUT2D eigenvalue weighted by molar-refractivity contribution is 0.0665. The molecular formula is C18H13NO3. The highest BCUT2D eigenvalue weighted by atomic mass is 16.5. The van der Waals surface area contributed by atoms with E-state index in [0.717, 1.165) is 11.8 Å². The van der Waals surface area contributed by atoms with Crippen LogP contribution in [0.15, 0.2) is 78.1 Å². The van der Waals surface area contributed by atoms with Crippen molar-refractivity contribution in [2.45, 2.75) is 0 Å². The number of ether oxygens (including phenoxy) is 1. The van der Waals surface area contributed by atoms with E-state index in [9.17, 15) is 4.79 Å². The van der Waals surface area contributed by atoms with Crippen LogP contribution in [0.2, 0.25) is 0 Å². The summed E-state index contributed by atoms with van der Waals surface area (Å²) in [6, 6.07) is 16.6. The highest BCUT2D eigenvalue weighted by molar-refractivity contribution is 5.96. The molecule has 0 atom stereocenters. The number of benzene rings is 2. The minimum Gasteiger partial charge on any atom is -0.436 e. The van der Waals surface area contributed by atoms with Crippen LogP contribution < -0.4 is 0 Å². The molecule has 22 heavy (non-hydrogen) atoms. The maximum Gasteiger partial charge on any atom is 0.343 e. The van der Waals surface area contributed by atoms with E-state index in [2.05, 4.69) is 11.6 Å². The van der Waals surface area contributed by atoms with Crippen LogP contribution in [-0.4, -0.2) is 11.0 Å². The standard InChI is InChI=1S/C18H13NO3/c1-2-21-18(20)15-11-7-6-10-14(15)17-19-12-16(22-17)13-8-4-3-5-9-13/h2-12H,1H2. The number of carbonyl (C=O) groups is 1. The Morgan fingerprint density at radius 2 is 1.82 bits per heavy atom. The molecule has 0 spiro atoms. The predicted octanol–water partition coefficient (Wildman–Crippen LogP) is 4.31. The average Bonchev–Trinajstić information content (AvgIpc) is 3.06. The fraction of sp³-hybridized carbons (Fsp3) is 0. The quantitative estimate of drug-likeness (QED) is 0.531. The van der Waals surface area contributed by atoms with E-state index in [1.165, 1.54) is 0 Å². The van der Waals surface area contributed by atoms with E-state index in [-0.39, 0.29) is 0 Å². The Labute approximate surface area is 127 Å². The van der Waals surface area contributed by atoms with Crippen LogP contribution >= 0.6 is 0 Å². The van der Waals surface area contributed by atoms with Gasteiger partial charge in [0, 0.05) is 5.56 Å². The molecule has 0 saturated heterocycles. The zero-order chi connectivity index (χ0) is 15.4. The molecule has 0 radical (unpaired) electrons. The molecule has 4 heteroatoms. The molecule has 1 heterocycles. The van der Waals surface area contributed by atoms with Gasteiger partial charge in [-0.15, -0.1) is 0 Å². The fourth-order valence-corrected chi connectivity index (χ4v) is 2.12. The number of nitrogens with zero attached hydrogens (tertiary/aromatic N) is 1. The summed E-state index contributed by atoms with van der Waals surface area (Å²) in [5.74, 6) is 0.517. The summed E-state index contributed by atoms with van der Waals surface area (Å²) in [7, 11) is 0. The van der Waals surface area contributed by atoms with E-state index in [1.807, 2.05) is 36.4 Å². The molecule has 3 rings (SSSR count). The summed E-state index contributed by atoms with van der Waals surface area (Å²) >= 11 is 0. The monoisotopic (exact) mass is 291 g/mol. The maximum absolute atomic E-state index is 12.0. The van der Waals surface area contributed by atoms with Gasteiger partial charge in [-0.1, -0.05) is 49.0 Å². The smallest absolute Gasteiger partial charge is 0.343 e. The van der Waals surface area contributed by atoms with Gasteiger partial charge in [-0.2, -0.15) is 0 Å². The van der Waals surface area contributed by atoms with Gasteiger partial charge in [0.2, 0.25) is 5.89 Å². The molecule has 0 bridgehead atoms. The van der Waals surface area contributed by atoms with Gasteiger partial charge in [-0.05, 0) is 12.1 Å². The highest BCUT2D eigenvalue weighted by Gasteiger charge is 2.17. The van der Waals surface area contributed by atoms with Gasteiger partial charge in [0.05, 0.1) is 23.6 Å². The normalized spacial score (nSPS) is 10.2. The lowest BCUT2D eigenvalue weighted by Crippen LogP contribution is -2.02. The fourth-order valence-electron chi connectivity index (χ4n) is 2.12. The van der Waals surface area contributed by atoms with Crippen LogP contribution in [0.5, 0.6) is 0 Å². The molecular weight excluding hydrogens is 278 g/mol. The number of hydrogen-bond donors (Lipinski definition) is 0.